The highest BCUT2D eigenvalue weighted by Gasteiger charge is 2.03. The molecule has 0 saturated heterocycles. The molecule has 0 radical (unpaired) electrons. The molecule has 0 fully saturated rings. The number of halogens is 2. The minimum atomic E-state index is 0. The summed E-state index contributed by atoms with van der Waals surface area (Å²) in [5.41, 5.74) is 0. The first-order chi connectivity index (χ1) is 12.8. The van der Waals surface area contributed by atoms with Gasteiger partial charge in [0.05, 0.1) is 26.3 Å². The van der Waals surface area contributed by atoms with Crippen LogP contribution in [0.2, 0.25) is 0 Å². The smallest absolute Gasteiger partial charge is 0.245 e. The molecular formula is C20H36Cl2N4O2. The second kappa shape index (κ2) is 16.8. The molecule has 0 N–H and O–H groups in total. The molecule has 2 aromatic rings. The van der Waals surface area contributed by atoms with E-state index in [-0.39, 0.29) is 24.8 Å². The second-order valence-electron chi connectivity index (χ2n) is 6.82. The zero-order chi connectivity index (χ0) is 18.5. The maximum atomic E-state index is 5.73. The molecule has 0 bridgehead atoms. The highest BCUT2D eigenvalue weighted by Crippen LogP contribution is 2.01. The topological polar surface area (TPSA) is 36.1 Å². The maximum absolute atomic E-state index is 5.73. The largest absolute Gasteiger partial charge is 1.00 e. The van der Waals surface area contributed by atoms with E-state index in [4.69, 9.17) is 9.47 Å². The van der Waals surface area contributed by atoms with Crippen LogP contribution in [0.15, 0.2) is 37.4 Å². The lowest BCUT2D eigenvalue weighted by atomic mass is 10.2. The molecule has 0 aliphatic carbocycles. The van der Waals surface area contributed by atoms with E-state index in [1.165, 1.54) is 12.8 Å². The Labute approximate surface area is 182 Å². The van der Waals surface area contributed by atoms with Gasteiger partial charge < -0.3 is 34.3 Å². The molecule has 0 atom stereocenters. The van der Waals surface area contributed by atoms with E-state index < -0.39 is 0 Å². The van der Waals surface area contributed by atoms with Crippen LogP contribution in [0.1, 0.15) is 52.4 Å². The van der Waals surface area contributed by atoms with Gasteiger partial charge in [-0.2, -0.15) is 0 Å². The van der Waals surface area contributed by atoms with E-state index in [1.54, 1.807) is 0 Å². The average molecular weight is 435 g/mol. The van der Waals surface area contributed by atoms with Gasteiger partial charge in [-0.3, -0.25) is 0 Å². The summed E-state index contributed by atoms with van der Waals surface area (Å²) in [6, 6.07) is 0. The van der Waals surface area contributed by atoms with Crippen molar-refractivity contribution in [1.29, 1.82) is 0 Å². The van der Waals surface area contributed by atoms with Crippen LogP contribution in [-0.2, 0) is 36.0 Å². The van der Waals surface area contributed by atoms with Crippen LogP contribution in [0.5, 0.6) is 0 Å². The van der Waals surface area contributed by atoms with Crippen molar-refractivity contribution in [2.45, 2.75) is 78.9 Å². The first-order valence-electron chi connectivity index (χ1n) is 10.1. The van der Waals surface area contributed by atoms with Crippen molar-refractivity contribution < 1.29 is 43.4 Å². The lowest BCUT2D eigenvalue weighted by molar-refractivity contribution is -0.732. The molecule has 0 aliphatic heterocycles. The Kier molecular flexibility index (Phi) is 16.2. The third kappa shape index (κ3) is 11.1. The van der Waals surface area contributed by atoms with Crippen molar-refractivity contribution in [3.63, 3.8) is 0 Å². The van der Waals surface area contributed by atoms with Gasteiger partial charge in [-0.15, -0.1) is 0 Å². The Balaban J connectivity index is 0.00000364. The fourth-order valence-electron chi connectivity index (χ4n) is 2.91. The zero-order valence-corrected chi connectivity index (χ0v) is 18.8. The number of aromatic nitrogens is 4. The highest BCUT2D eigenvalue weighted by molar-refractivity contribution is 4.65. The van der Waals surface area contributed by atoms with Gasteiger partial charge in [0, 0.05) is 0 Å². The van der Waals surface area contributed by atoms with Crippen LogP contribution in [0, 0.1) is 0 Å². The fourth-order valence-corrected chi connectivity index (χ4v) is 2.91. The molecule has 6 nitrogen and oxygen atoms in total. The van der Waals surface area contributed by atoms with Crippen molar-refractivity contribution in [2.24, 2.45) is 0 Å². The summed E-state index contributed by atoms with van der Waals surface area (Å²) in [5.74, 6) is 0. The van der Waals surface area contributed by atoms with Crippen LogP contribution in [0.3, 0.4) is 0 Å². The maximum Gasteiger partial charge on any atom is 0.245 e. The predicted molar refractivity (Wildman–Crippen MR) is 100 cm³/mol. The summed E-state index contributed by atoms with van der Waals surface area (Å²) in [4.78, 5) is 0. The molecule has 2 aromatic heterocycles. The SMILES string of the molecule is CCCn1cc[n+](COCCCCCCOC[n+]2ccn(CCC)c2)c1.[Cl-].[Cl-]. The number of ether oxygens (including phenoxy) is 2. The number of aryl methyl sites for hydroxylation is 2. The van der Waals surface area contributed by atoms with Crippen LogP contribution < -0.4 is 33.9 Å². The van der Waals surface area contributed by atoms with Gasteiger partial charge in [0.15, 0.2) is 13.5 Å². The Morgan fingerprint density at radius 3 is 1.50 bits per heavy atom. The molecule has 162 valence electrons. The van der Waals surface area contributed by atoms with E-state index >= 15 is 0 Å². The summed E-state index contributed by atoms with van der Waals surface area (Å²) in [6.07, 6.45) is 19.5. The predicted octanol–water partition coefficient (Wildman–Crippen LogP) is -3.10. The molecule has 0 amide bonds. The molecule has 0 unspecified atom stereocenters. The molecule has 2 heterocycles. The quantitative estimate of drug-likeness (QED) is 0.220. The first-order valence-corrected chi connectivity index (χ1v) is 10.1. The van der Waals surface area contributed by atoms with Gasteiger partial charge in [0.1, 0.15) is 24.8 Å². The highest BCUT2D eigenvalue weighted by atomic mass is 35.5. The number of imidazole rings is 2. The molecule has 8 heteroatoms. The molecular weight excluding hydrogens is 399 g/mol. The zero-order valence-electron chi connectivity index (χ0n) is 17.3. The average Bonchev–Trinajstić information content (AvgIpc) is 3.27. The summed E-state index contributed by atoms with van der Waals surface area (Å²) in [6.45, 7) is 9.46. The van der Waals surface area contributed by atoms with E-state index in [2.05, 4.69) is 69.6 Å². The van der Waals surface area contributed by atoms with Gasteiger partial charge in [-0.05, 0) is 25.7 Å². The van der Waals surface area contributed by atoms with Gasteiger partial charge in [-0.25, -0.2) is 18.3 Å². The lowest BCUT2D eigenvalue weighted by Gasteiger charge is -2.03. The van der Waals surface area contributed by atoms with Crippen molar-refractivity contribution in [3.8, 4) is 0 Å². The van der Waals surface area contributed by atoms with Crippen molar-refractivity contribution in [1.82, 2.24) is 9.13 Å². The minimum Gasteiger partial charge on any atom is -1.00 e. The second-order valence-corrected chi connectivity index (χ2v) is 6.82. The molecule has 0 aromatic carbocycles. The van der Waals surface area contributed by atoms with Crippen LogP contribution >= 0.6 is 0 Å². The first kappa shape index (κ1) is 26.9. The van der Waals surface area contributed by atoms with Gasteiger partial charge in [0.25, 0.3) is 0 Å². The third-order valence-corrected chi connectivity index (χ3v) is 4.26. The minimum absolute atomic E-state index is 0. The van der Waals surface area contributed by atoms with Crippen molar-refractivity contribution in [3.05, 3.63) is 37.4 Å². The van der Waals surface area contributed by atoms with Crippen LogP contribution in [0.25, 0.3) is 0 Å². The standard InChI is InChI=1S/C20H36N4O2.2ClH/c1-3-9-21-11-13-23(17-21)19-25-15-7-5-6-8-16-26-20-24-14-12-22(18-24)10-4-2;;/h11-14,17-18H,3-10,15-16,19-20H2,1-2H3;2*1H/q+2;;/p-2. The number of hydrogen-bond donors (Lipinski definition) is 0. The molecule has 0 saturated carbocycles. The third-order valence-electron chi connectivity index (χ3n) is 4.26. The van der Waals surface area contributed by atoms with Gasteiger partial charge >= 0.3 is 0 Å². The molecule has 28 heavy (non-hydrogen) atoms. The summed E-state index contributed by atoms with van der Waals surface area (Å²) in [5, 5.41) is 0. The number of unbranched alkanes of at least 4 members (excludes halogenated alkanes) is 3. The Bertz CT molecular complexity index is 552. The van der Waals surface area contributed by atoms with Gasteiger partial charge in [-0.1, -0.05) is 26.7 Å². The normalized spacial score (nSPS) is 10.5. The number of rotatable bonds is 15. The molecule has 2 rings (SSSR count). The lowest BCUT2D eigenvalue weighted by Crippen LogP contribution is -3.00. The van der Waals surface area contributed by atoms with E-state index in [1.807, 2.05) is 0 Å². The van der Waals surface area contributed by atoms with Crippen LogP contribution in [0.4, 0.5) is 0 Å². The van der Waals surface area contributed by atoms with E-state index in [9.17, 15) is 0 Å². The summed E-state index contributed by atoms with van der Waals surface area (Å²) >= 11 is 0. The van der Waals surface area contributed by atoms with Crippen molar-refractivity contribution in [2.75, 3.05) is 13.2 Å². The summed E-state index contributed by atoms with van der Waals surface area (Å²) in [7, 11) is 0. The number of hydrogen-bond acceptors (Lipinski definition) is 2. The van der Waals surface area contributed by atoms with Gasteiger partial charge in [0.2, 0.25) is 12.7 Å². The molecule has 0 aliphatic rings. The fraction of sp³-hybridized carbons (Fsp3) is 0.700. The number of nitrogens with zero attached hydrogens (tertiary/aromatic N) is 4. The summed E-state index contributed by atoms with van der Waals surface area (Å²) < 4.78 is 20.0. The van der Waals surface area contributed by atoms with Crippen LogP contribution in [-0.4, -0.2) is 22.3 Å². The monoisotopic (exact) mass is 434 g/mol. The molecule has 0 spiro atoms. The van der Waals surface area contributed by atoms with E-state index in [0.717, 1.165) is 52.0 Å². The Hall–Kier alpha value is -1.08. The Morgan fingerprint density at radius 2 is 1.11 bits per heavy atom. The van der Waals surface area contributed by atoms with Crippen molar-refractivity contribution >= 4 is 0 Å². The Morgan fingerprint density at radius 1 is 0.679 bits per heavy atom. The van der Waals surface area contributed by atoms with E-state index in [0.29, 0.717) is 13.5 Å².